The number of nitrogens with one attached hydrogen (secondary N) is 1. The maximum Gasteiger partial charge on any atom is 0.253 e. The Balaban J connectivity index is 1.95. The largest absolute Gasteiger partial charge is 0.346 e. The van der Waals surface area contributed by atoms with Crippen LogP contribution in [0.5, 0.6) is 0 Å². The van der Waals surface area contributed by atoms with Crippen LogP contribution in [0, 0.1) is 0 Å². The number of hydrogen-bond donors (Lipinski definition) is 1. The van der Waals surface area contributed by atoms with Crippen molar-refractivity contribution >= 4 is 17.5 Å². The molecule has 0 aromatic carbocycles. The van der Waals surface area contributed by atoms with Gasteiger partial charge in [0.15, 0.2) is 5.15 Å². The van der Waals surface area contributed by atoms with Gasteiger partial charge in [0.25, 0.3) is 5.91 Å². The Morgan fingerprint density at radius 2 is 2.18 bits per heavy atom. The molecule has 17 heavy (non-hydrogen) atoms. The number of nitrogens with zero attached hydrogens (tertiary/aromatic N) is 3. The molecule has 2 aromatic heterocycles. The Hall–Kier alpha value is -2.01. The van der Waals surface area contributed by atoms with Crippen molar-refractivity contribution in [3.63, 3.8) is 0 Å². The first-order chi connectivity index (χ1) is 8.25. The normalized spacial score (nSPS) is 9.94. The van der Waals surface area contributed by atoms with Gasteiger partial charge in [0.05, 0.1) is 17.8 Å². The molecular weight excluding hydrogens is 240 g/mol. The second kappa shape index (κ2) is 5.36. The molecule has 0 bridgehead atoms. The predicted octanol–water partition coefficient (Wildman–Crippen LogP) is 1.45. The molecular formula is C11H9ClN4O. The summed E-state index contributed by atoms with van der Waals surface area (Å²) in [6.07, 6.45) is 3.12. The van der Waals surface area contributed by atoms with E-state index in [0.717, 1.165) is 0 Å². The van der Waals surface area contributed by atoms with Crippen molar-refractivity contribution in [2.45, 2.75) is 6.54 Å². The zero-order valence-corrected chi connectivity index (χ0v) is 9.55. The third-order valence-corrected chi connectivity index (χ3v) is 2.24. The fourth-order valence-electron chi connectivity index (χ4n) is 1.21. The van der Waals surface area contributed by atoms with Gasteiger partial charge in [-0.25, -0.2) is 0 Å². The molecule has 0 aliphatic carbocycles. The Bertz CT molecular complexity index is 501. The van der Waals surface area contributed by atoms with Crippen molar-refractivity contribution in [1.82, 2.24) is 20.5 Å². The molecule has 5 nitrogen and oxygen atoms in total. The second-order valence-electron chi connectivity index (χ2n) is 3.27. The standard InChI is InChI=1S/C11H9ClN4O/c12-10-4-3-9(15-16-10)7-14-11(17)8-2-1-5-13-6-8/h1-6H,7H2,(H,14,17). The summed E-state index contributed by atoms with van der Waals surface area (Å²) in [5.41, 5.74) is 1.15. The van der Waals surface area contributed by atoms with Crippen LogP contribution in [0.2, 0.25) is 5.15 Å². The van der Waals surface area contributed by atoms with E-state index in [1.165, 1.54) is 6.20 Å². The lowest BCUT2D eigenvalue weighted by Crippen LogP contribution is -2.23. The van der Waals surface area contributed by atoms with Crippen LogP contribution in [0.1, 0.15) is 16.1 Å². The lowest BCUT2D eigenvalue weighted by atomic mass is 10.2. The van der Waals surface area contributed by atoms with Crippen molar-refractivity contribution in [2.75, 3.05) is 0 Å². The fourth-order valence-corrected chi connectivity index (χ4v) is 1.31. The van der Waals surface area contributed by atoms with E-state index in [-0.39, 0.29) is 5.91 Å². The van der Waals surface area contributed by atoms with Gasteiger partial charge in [-0.3, -0.25) is 9.78 Å². The van der Waals surface area contributed by atoms with Crippen LogP contribution in [0.3, 0.4) is 0 Å². The number of rotatable bonds is 3. The summed E-state index contributed by atoms with van der Waals surface area (Å²) >= 11 is 5.60. The molecule has 2 aromatic rings. The highest BCUT2D eigenvalue weighted by atomic mass is 35.5. The summed E-state index contributed by atoms with van der Waals surface area (Å²) in [6.45, 7) is 0.303. The third kappa shape index (κ3) is 3.22. The molecule has 0 saturated heterocycles. The Morgan fingerprint density at radius 1 is 1.29 bits per heavy atom. The first kappa shape index (κ1) is 11.5. The molecule has 2 rings (SSSR count). The first-order valence-corrected chi connectivity index (χ1v) is 5.30. The molecule has 0 radical (unpaired) electrons. The number of amides is 1. The Labute approximate surface area is 103 Å². The minimum atomic E-state index is -0.199. The van der Waals surface area contributed by atoms with Crippen LogP contribution in [-0.2, 0) is 6.54 Å². The maximum atomic E-state index is 11.7. The molecule has 2 heterocycles. The van der Waals surface area contributed by atoms with Crippen LogP contribution >= 0.6 is 11.6 Å². The van der Waals surface area contributed by atoms with Crippen LogP contribution in [0.15, 0.2) is 36.7 Å². The number of hydrogen-bond acceptors (Lipinski definition) is 4. The average Bonchev–Trinajstić information content (AvgIpc) is 2.39. The molecule has 1 amide bonds. The van der Waals surface area contributed by atoms with Gasteiger partial charge in [0.2, 0.25) is 0 Å². The van der Waals surface area contributed by atoms with Gasteiger partial charge in [-0.2, -0.15) is 5.10 Å². The Kier molecular flexibility index (Phi) is 3.62. The third-order valence-electron chi connectivity index (χ3n) is 2.04. The number of carbonyl (C=O) groups is 1. The number of pyridine rings is 1. The topological polar surface area (TPSA) is 67.8 Å². The lowest BCUT2D eigenvalue weighted by Gasteiger charge is -2.03. The van der Waals surface area contributed by atoms with E-state index in [0.29, 0.717) is 23.0 Å². The van der Waals surface area contributed by atoms with Crippen molar-refractivity contribution in [3.8, 4) is 0 Å². The zero-order chi connectivity index (χ0) is 12.1. The van der Waals surface area contributed by atoms with Crippen molar-refractivity contribution in [2.24, 2.45) is 0 Å². The molecule has 0 saturated carbocycles. The highest BCUT2D eigenvalue weighted by molar-refractivity contribution is 6.29. The highest BCUT2D eigenvalue weighted by Gasteiger charge is 2.05. The maximum absolute atomic E-state index is 11.7. The summed E-state index contributed by atoms with van der Waals surface area (Å²) in [6, 6.07) is 6.73. The van der Waals surface area contributed by atoms with Crippen LogP contribution in [0.4, 0.5) is 0 Å². The molecule has 0 aliphatic rings. The monoisotopic (exact) mass is 248 g/mol. The smallest absolute Gasteiger partial charge is 0.253 e. The zero-order valence-electron chi connectivity index (χ0n) is 8.80. The number of aromatic nitrogens is 3. The summed E-state index contributed by atoms with van der Waals surface area (Å²) in [7, 11) is 0. The summed E-state index contributed by atoms with van der Waals surface area (Å²) in [5.74, 6) is -0.199. The van der Waals surface area contributed by atoms with E-state index in [4.69, 9.17) is 11.6 Å². The minimum absolute atomic E-state index is 0.199. The summed E-state index contributed by atoms with van der Waals surface area (Å²) in [5, 5.41) is 10.5. The van der Waals surface area contributed by atoms with E-state index in [9.17, 15) is 4.79 Å². The molecule has 6 heteroatoms. The van der Waals surface area contributed by atoms with E-state index in [2.05, 4.69) is 20.5 Å². The van der Waals surface area contributed by atoms with Gasteiger partial charge in [-0.1, -0.05) is 11.6 Å². The van der Waals surface area contributed by atoms with Gasteiger partial charge in [-0.15, -0.1) is 5.10 Å². The van der Waals surface area contributed by atoms with Gasteiger partial charge < -0.3 is 5.32 Å². The number of halogens is 1. The predicted molar refractivity (Wildman–Crippen MR) is 62.4 cm³/mol. The van der Waals surface area contributed by atoms with Crippen LogP contribution in [-0.4, -0.2) is 21.1 Å². The van der Waals surface area contributed by atoms with Gasteiger partial charge in [0, 0.05) is 12.4 Å². The Morgan fingerprint density at radius 3 is 2.82 bits per heavy atom. The second-order valence-corrected chi connectivity index (χ2v) is 3.66. The number of carbonyl (C=O) groups excluding carboxylic acids is 1. The molecule has 0 unspecified atom stereocenters. The molecule has 0 fully saturated rings. The molecule has 0 atom stereocenters. The summed E-state index contributed by atoms with van der Waals surface area (Å²) < 4.78 is 0. The van der Waals surface area contributed by atoms with Gasteiger partial charge in [0.1, 0.15) is 0 Å². The van der Waals surface area contributed by atoms with Crippen molar-refractivity contribution in [3.05, 3.63) is 53.1 Å². The molecule has 1 N–H and O–H groups in total. The molecule has 86 valence electrons. The van der Waals surface area contributed by atoms with Crippen LogP contribution < -0.4 is 5.32 Å². The van der Waals surface area contributed by atoms with E-state index in [1.54, 1.807) is 30.5 Å². The van der Waals surface area contributed by atoms with Crippen LogP contribution in [0.25, 0.3) is 0 Å². The minimum Gasteiger partial charge on any atom is -0.346 e. The van der Waals surface area contributed by atoms with Gasteiger partial charge >= 0.3 is 0 Å². The van der Waals surface area contributed by atoms with E-state index >= 15 is 0 Å². The summed E-state index contributed by atoms with van der Waals surface area (Å²) in [4.78, 5) is 15.5. The van der Waals surface area contributed by atoms with Gasteiger partial charge in [-0.05, 0) is 24.3 Å². The van der Waals surface area contributed by atoms with Crippen molar-refractivity contribution < 1.29 is 4.79 Å². The quantitative estimate of drug-likeness (QED) is 0.893. The van der Waals surface area contributed by atoms with E-state index < -0.39 is 0 Å². The van der Waals surface area contributed by atoms with E-state index in [1.807, 2.05) is 0 Å². The fraction of sp³-hybridized carbons (Fsp3) is 0.0909. The molecule has 0 aliphatic heterocycles. The molecule has 0 spiro atoms. The average molecular weight is 249 g/mol. The highest BCUT2D eigenvalue weighted by Crippen LogP contribution is 2.02. The lowest BCUT2D eigenvalue weighted by molar-refractivity contribution is 0.0950. The van der Waals surface area contributed by atoms with Crippen molar-refractivity contribution in [1.29, 1.82) is 0 Å². The first-order valence-electron chi connectivity index (χ1n) is 4.92. The SMILES string of the molecule is O=C(NCc1ccc(Cl)nn1)c1cccnc1.